The largest absolute Gasteiger partial charge is 0.364 e. The van der Waals surface area contributed by atoms with Crippen LogP contribution in [-0.4, -0.2) is 59.9 Å². The number of piperidine rings is 1. The minimum atomic E-state index is -0.305. The fourth-order valence-corrected chi connectivity index (χ4v) is 7.20. The van der Waals surface area contributed by atoms with E-state index >= 15 is 0 Å². The van der Waals surface area contributed by atoms with Crippen molar-refractivity contribution in [2.45, 2.75) is 96.6 Å². The van der Waals surface area contributed by atoms with E-state index in [0.29, 0.717) is 17.5 Å². The number of hydrogen-bond donors (Lipinski definition) is 2. The molecule has 0 radical (unpaired) electrons. The van der Waals surface area contributed by atoms with Crippen molar-refractivity contribution in [3.63, 3.8) is 0 Å². The van der Waals surface area contributed by atoms with Gasteiger partial charge in [-0.25, -0.2) is 5.10 Å². The van der Waals surface area contributed by atoms with E-state index in [2.05, 4.69) is 39.2 Å². The number of nitrogens with one attached hydrogen (secondary N) is 2. The van der Waals surface area contributed by atoms with Crippen LogP contribution in [-0.2, 0) is 0 Å². The van der Waals surface area contributed by atoms with E-state index in [0.717, 1.165) is 31.2 Å². The Labute approximate surface area is 204 Å². The van der Waals surface area contributed by atoms with Gasteiger partial charge in [-0.1, -0.05) is 63.5 Å². The maximum Gasteiger partial charge on any atom is 0.285 e. The summed E-state index contributed by atoms with van der Waals surface area (Å²) in [5.74, 6) is 0.722. The van der Waals surface area contributed by atoms with E-state index in [-0.39, 0.29) is 10.6 Å². The first-order valence-corrected chi connectivity index (χ1v) is 13.9. The average Bonchev–Trinajstić information content (AvgIpc) is 2.82. The second-order valence-corrected chi connectivity index (χ2v) is 11.2. The Morgan fingerprint density at radius 3 is 2.45 bits per heavy atom. The summed E-state index contributed by atoms with van der Waals surface area (Å²) in [5, 5.41) is 10.6. The number of hydrogen-bond acceptors (Lipinski definition) is 5. The van der Waals surface area contributed by atoms with E-state index in [1.165, 1.54) is 83.7 Å². The molecule has 7 heteroatoms. The highest BCUT2D eigenvalue weighted by Crippen LogP contribution is 2.47. The molecule has 1 aliphatic carbocycles. The van der Waals surface area contributed by atoms with Crippen LogP contribution in [0.15, 0.2) is 11.0 Å². The van der Waals surface area contributed by atoms with E-state index in [1.54, 1.807) is 6.20 Å². The van der Waals surface area contributed by atoms with Crippen molar-refractivity contribution in [3.05, 3.63) is 21.6 Å². The molecule has 186 valence electrons. The Bertz CT molecular complexity index is 804. The average molecular weight is 478 g/mol. The number of rotatable bonds is 4. The summed E-state index contributed by atoms with van der Waals surface area (Å²) in [5.41, 5.74) is 0.965. The summed E-state index contributed by atoms with van der Waals surface area (Å²) in [6.45, 7) is 9.89. The van der Waals surface area contributed by atoms with Gasteiger partial charge in [0, 0.05) is 38.3 Å². The number of aromatic nitrogens is 2. The normalized spacial score (nSPS) is 29.8. The number of nitrogens with zero attached hydrogens (tertiary/aromatic N) is 3. The lowest BCUT2D eigenvalue weighted by atomic mass is 9.61. The number of piperazine rings is 1. The summed E-state index contributed by atoms with van der Waals surface area (Å²) in [7, 11) is 0. The molecule has 3 atom stereocenters. The Balaban J connectivity index is 1.48. The van der Waals surface area contributed by atoms with Crippen LogP contribution in [0, 0.1) is 11.3 Å². The fraction of sp³-hybridized carbons (Fsp3) is 0.846. The first-order valence-electron chi connectivity index (χ1n) is 13.5. The SMILES string of the molecule is CCC1NCCC2(CCCCCCCCC2)C1CN1CCN(c2cn[nH]c(=O)c2Cl)[C@H](C)C1. The predicted octanol–water partition coefficient (Wildman–Crippen LogP) is 4.83. The first-order chi connectivity index (χ1) is 16.0. The number of H-pyrrole nitrogens is 1. The monoisotopic (exact) mass is 477 g/mol. The molecule has 0 amide bonds. The fourth-order valence-electron chi connectivity index (χ4n) is 7.00. The minimum absolute atomic E-state index is 0.258. The van der Waals surface area contributed by atoms with E-state index in [4.69, 9.17) is 11.6 Å². The van der Waals surface area contributed by atoms with Crippen molar-refractivity contribution in [3.8, 4) is 0 Å². The van der Waals surface area contributed by atoms with Crippen LogP contribution in [0.5, 0.6) is 0 Å². The topological polar surface area (TPSA) is 64.3 Å². The van der Waals surface area contributed by atoms with Crippen LogP contribution in [0.4, 0.5) is 5.69 Å². The smallest absolute Gasteiger partial charge is 0.285 e. The van der Waals surface area contributed by atoms with Gasteiger partial charge in [0.2, 0.25) is 0 Å². The Morgan fingerprint density at radius 1 is 1.09 bits per heavy atom. The third kappa shape index (κ3) is 5.76. The molecule has 3 aliphatic rings. The highest BCUT2D eigenvalue weighted by atomic mass is 35.5. The molecular formula is C26H44ClN5O. The second-order valence-electron chi connectivity index (χ2n) is 10.9. The molecule has 1 aromatic rings. The van der Waals surface area contributed by atoms with E-state index < -0.39 is 0 Å². The number of aromatic amines is 1. The van der Waals surface area contributed by atoms with Gasteiger partial charge in [0.25, 0.3) is 5.56 Å². The summed E-state index contributed by atoms with van der Waals surface area (Å²) in [4.78, 5) is 16.9. The van der Waals surface area contributed by atoms with Gasteiger partial charge in [-0.3, -0.25) is 9.69 Å². The lowest BCUT2D eigenvalue weighted by Crippen LogP contribution is -2.59. The predicted molar refractivity (Wildman–Crippen MR) is 137 cm³/mol. The number of anilines is 1. The van der Waals surface area contributed by atoms with Crippen LogP contribution in [0.2, 0.25) is 5.02 Å². The van der Waals surface area contributed by atoms with Crippen LogP contribution in [0.3, 0.4) is 0 Å². The second kappa shape index (κ2) is 11.5. The summed E-state index contributed by atoms with van der Waals surface area (Å²) in [6, 6.07) is 0.929. The van der Waals surface area contributed by atoms with Crippen molar-refractivity contribution in [1.82, 2.24) is 20.4 Å². The summed E-state index contributed by atoms with van der Waals surface area (Å²) in [6.07, 6.45) is 17.0. The minimum Gasteiger partial charge on any atom is -0.364 e. The standard InChI is InChI=1S/C26H44ClN5O/c1-3-22-21(26(13-14-28-22)11-9-7-5-4-6-8-10-12-26)19-31-15-16-32(20(2)18-31)23-17-29-30-25(33)24(23)27/h17,20-22,28H,3-16,18-19H2,1-2H3,(H,30,33)/t20-,21?,22?/m1/s1. The molecule has 6 nitrogen and oxygen atoms in total. The van der Waals surface area contributed by atoms with Gasteiger partial charge in [0.1, 0.15) is 5.02 Å². The van der Waals surface area contributed by atoms with Crippen molar-refractivity contribution in [2.75, 3.05) is 37.6 Å². The van der Waals surface area contributed by atoms with Crippen LogP contribution < -0.4 is 15.8 Å². The van der Waals surface area contributed by atoms with Crippen molar-refractivity contribution in [2.24, 2.45) is 11.3 Å². The zero-order valence-corrected chi connectivity index (χ0v) is 21.5. The molecule has 33 heavy (non-hydrogen) atoms. The van der Waals surface area contributed by atoms with Crippen molar-refractivity contribution < 1.29 is 0 Å². The summed E-state index contributed by atoms with van der Waals surface area (Å²) < 4.78 is 0. The molecule has 2 unspecified atom stereocenters. The molecule has 4 rings (SSSR count). The van der Waals surface area contributed by atoms with Gasteiger partial charge in [-0.2, -0.15) is 5.10 Å². The molecule has 0 aromatic carbocycles. The van der Waals surface area contributed by atoms with E-state index in [1.807, 2.05) is 0 Å². The van der Waals surface area contributed by atoms with Crippen molar-refractivity contribution in [1.29, 1.82) is 0 Å². The molecule has 2 saturated heterocycles. The molecule has 1 saturated carbocycles. The third-order valence-corrected chi connectivity index (χ3v) is 9.21. The zero-order chi connectivity index (χ0) is 23.3. The molecule has 3 fully saturated rings. The first kappa shape index (κ1) is 25.0. The molecule has 2 N–H and O–H groups in total. The Hall–Kier alpha value is -1.11. The molecule has 2 aliphatic heterocycles. The van der Waals surface area contributed by atoms with Crippen LogP contribution >= 0.6 is 11.6 Å². The summed E-state index contributed by atoms with van der Waals surface area (Å²) >= 11 is 6.33. The van der Waals surface area contributed by atoms with Crippen LogP contribution in [0.1, 0.15) is 84.5 Å². The lowest BCUT2D eigenvalue weighted by Gasteiger charge is -2.52. The molecule has 0 bridgehead atoms. The highest BCUT2D eigenvalue weighted by molar-refractivity contribution is 6.33. The van der Waals surface area contributed by atoms with Gasteiger partial charge >= 0.3 is 0 Å². The maximum atomic E-state index is 12.0. The Kier molecular flexibility index (Phi) is 8.75. The van der Waals surface area contributed by atoms with Gasteiger partial charge in [0.05, 0.1) is 11.9 Å². The third-order valence-electron chi connectivity index (χ3n) is 8.84. The highest BCUT2D eigenvalue weighted by Gasteiger charge is 2.45. The Morgan fingerprint density at radius 2 is 1.79 bits per heavy atom. The van der Waals surface area contributed by atoms with Crippen molar-refractivity contribution >= 4 is 17.3 Å². The molecule has 3 heterocycles. The molecule has 1 spiro atoms. The quantitative estimate of drug-likeness (QED) is 0.650. The molecule has 1 aromatic heterocycles. The van der Waals surface area contributed by atoms with E-state index in [9.17, 15) is 4.79 Å². The lowest BCUT2D eigenvalue weighted by molar-refractivity contribution is 0.0108. The van der Waals surface area contributed by atoms with Gasteiger partial charge in [0.15, 0.2) is 0 Å². The van der Waals surface area contributed by atoms with Gasteiger partial charge < -0.3 is 10.2 Å². The zero-order valence-electron chi connectivity index (χ0n) is 20.8. The van der Waals surface area contributed by atoms with Gasteiger partial charge in [-0.15, -0.1) is 0 Å². The maximum absolute atomic E-state index is 12.0. The van der Waals surface area contributed by atoms with Gasteiger partial charge in [-0.05, 0) is 50.5 Å². The number of halogens is 1. The van der Waals surface area contributed by atoms with Crippen LogP contribution in [0.25, 0.3) is 0 Å². The molecular weight excluding hydrogens is 434 g/mol.